The molecule has 6 heteroatoms. The van der Waals surface area contributed by atoms with E-state index in [2.05, 4.69) is 58.8 Å². The van der Waals surface area contributed by atoms with Crippen LogP contribution in [0.25, 0.3) is 28.0 Å². The number of piperazine rings is 1. The monoisotopic (exact) mass is 458 g/mol. The molecule has 0 unspecified atom stereocenters. The van der Waals surface area contributed by atoms with Gasteiger partial charge in [0.05, 0.1) is 11.4 Å². The molecule has 0 atom stereocenters. The van der Waals surface area contributed by atoms with E-state index in [-0.39, 0.29) is 5.91 Å². The lowest BCUT2D eigenvalue weighted by molar-refractivity contribution is -0.130. The van der Waals surface area contributed by atoms with E-state index in [1.807, 2.05) is 29.2 Å². The molecule has 1 aliphatic rings. The number of amides is 1. The second kappa shape index (κ2) is 9.00. The van der Waals surface area contributed by atoms with Crippen molar-refractivity contribution in [3.05, 3.63) is 83.1 Å². The maximum atomic E-state index is 11.7. The van der Waals surface area contributed by atoms with Crippen molar-refractivity contribution in [3.63, 3.8) is 0 Å². The van der Waals surface area contributed by atoms with Crippen LogP contribution in [0.1, 0.15) is 18.2 Å². The predicted octanol–water partition coefficient (Wildman–Crippen LogP) is 5.29. The van der Waals surface area contributed by atoms with E-state index in [1.54, 1.807) is 6.92 Å². The first kappa shape index (κ1) is 21.7. The quantitative estimate of drug-likeness (QED) is 0.417. The van der Waals surface area contributed by atoms with Crippen LogP contribution in [0.2, 0.25) is 5.02 Å². The SMILES string of the molecule is CC(=O)N1CCN(Cc2c(-c3ccc(C)cc3)nc3ccc(-c4ccccc4Cl)cn23)CC1. The summed E-state index contributed by atoms with van der Waals surface area (Å²) in [6.07, 6.45) is 2.14. The summed E-state index contributed by atoms with van der Waals surface area (Å²) in [6.45, 7) is 7.73. The van der Waals surface area contributed by atoms with Crippen LogP contribution >= 0.6 is 11.6 Å². The Bertz CT molecular complexity index is 1300. The third-order valence-corrected chi connectivity index (χ3v) is 6.75. The van der Waals surface area contributed by atoms with E-state index < -0.39 is 0 Å². The van der Waals surface area contributed by atoms with Gasteiger partial charge in [0.25, 0.3) is 0 Å². The second-order valence-electron chi connectivity index (χ2n) is 8.68. The van der Waals surface area contributed by atoms with Gasteiger partial charge < -0.3 is 9.30 Å². The van der Waals surface area contributed by atoms with Gasteiger partial charge in [0.15, 0.2) is 0 Å². The number of carbonyl (C=O) groups excluding carboxylic acids is 1. The molecule has 0 bridgehead atoms. The maximum Gasteiger partial charge on any atom is 0.219 e. The average Bonchev–Trinajstić information content (AvgIpc) is 3.18. The lowest BCUT2D eigenvalue weighted by atomic mass is 10.1. The van der Waals surface area contributed by atoms with Gasteiger partial charge in [-0.2, -0.15) is 0 Å². The number of nitrogens with zero attached hydrogens (tertiary/aromatic N) is 4. The lowest BCUT2D eigenvalue weighted by Gasteiger charge is -2.34. The van der Waals surface area contributed by atoms with E-state index in [0.717, 1.165) is 71.5 Å². The summed E-state index contributed by atoms with van der Waals surface area (Å²) in [6, 6.07) is 20.6. The van der Waals surface area contributed by atoms with E-state index >= 15 is 0 Å². The zero-order valence-corrected chi connectivity index (χ0v) is 19.7. The normalized spacial score (nSPS) is 14.7. The fraction of sp³-hybridized carbons (Fsp3) is 0.259. The van der Waals surface area contributed by atoms with E-state index in [1.165, 1.54) is 5.56 Å². The molecule has 2 aromatic heterocycles. The molecule has 2 aromatic carbocycles. The van der Waals surface area contributed by atoms with Crippen LogP contribution < -0.4 is 0 Å². The van der Waals surface area contributed by atoms with Crippen molar-refractivity contribution in [1.82, 2.24) is 19.2 Å². The Kier molecular flexibility index (Phi) is 5.92. The molecule has 1 fully saturated rings. The number of fused-ring (bicyclic) bond motifs is 1. The van der Waals surface area contributed by atoms with Gasteiger partial charge in [0.2, 0.25) is 5.91 Å². The Morgan fingerprint density at radius 1 is 0.939 bits per heavy atom. The molecule has 3 heterocycles. The number of pyridine rings is 1. The highest BCUT2D eigenvalue weighted by molar-refractivity contribution is 6.33. The van der Waals surface area contributed by atoms with Gasteiger partial charge in [-0.25, -0.2) is 4.98 Å². The third-order valence-electron chi connectivity index (χ3n) is 6.42. The molecular weight excluding hydrogens is 432 g/mol. The first-order valence-corrected chi connectivity index (χ1v) is 11.7. The minimum absolute atomic E-state index is 0.147. The highest BCUT2D eigenvalue weighted by atomic mass is 35.5. The summed E-state index contributed by atoms with van der Waals surface area (Å²) in [5, 5.41) is 0.734. The van der Waals surface area contributed by atoms with Crippen LogP contribution in [0.4, 0.5) is 0 Å². The fourth-order valence-electron chi connectivity index (χ4n) is 4.47. The van der Waals surface area contributed by atoms with Crippen molar-refractivity contribution >= 4 is 23.2 Å². The Morgan fingerprint density at radius 3 is 2.33 bits per heavy atom. The zero-order chi connectivity index (χ0) is 22.9. The van der Waals surface area contributed by atoms with Crippen LogP contribution in [-0.2, 0) is 11.3 Å². The van der Waals surface area contributed by atoms with Gasteiger partial charge in [0.1, 0.15) is 5.65 Å². The van der Waals surface area contributed by atoms with E-state index in [0.29, 0.717) is 0 Å². The largest absolute Gasteiger partial charge is 0.340 e. The number of rotatable bonds is 4. The van der Waals surface area contributed by atoms with Gasteiger partial charge in [0, 0.05) is 62.0 Å². The second-order valence-corrected chi connectivity index (χ2v) is 9.09. The van der Waals surface area contributed by atoms with Crippen molar-refractivity contribution < 1.29 is 4.79 Å². The van der Waals surface area contributed by atoms with Crippen molar-refractivity contribution in [2.75, 3.05) is 26.2 Å². The first-order valence-electron chi connectivity index (χ1n) is 11.3. The van der Waals surface area contributed by atoms with E-state index in [4.69, 9.17) is 16.6 Å². The summed E-state index contributed by atoms with van der Waals surface area (Å²) in [5.41, 5.74) is 7.47. The predicted molar refractivity (Wildman–Crippen MR) is 133 cm³/mol. The number of hydrogen-bond donors (Lipinski definition) is 0. The van der Waals surface area contributed by atoms with Crippen molar-refractivity contribution in [2.24, 2.45) is 0 Å². The highest BCUT2D eigenvalue weighted by Crippen LogP contribution is 2.31. The van der Waals surface area contributed by atoms with Crippen LogP contribution in [0.15, 0.2) is 66.9 Å². The zero-order valence-electron chi connectivity index (χ0n) is 19.0. The molecule has 5 nitrogen and oxygen atoms in total. The van der Waals surface area contributed by atoms with Gasteiger partial charge in [-0.3, -0.25) is 9.69 Å². The molecule has 5 rings (SSSR count). The fourth-order valence-corrected chi connectivity index (χ4v) is 4.72. The van der Waals surface area contributed by atoms with Crippen LogP contribution in [0.5, 0.6) is 0 Å². The Morgan fingerprint density at radius 2 is 1.64 bits per heavy atom. The summed E-state index contributed by atoms with van der Waals surface area (Å²) < 4.78 is 2.20. The lowest BCUT2D eigenvalue weighted by Crippen LogP contribution is -2.47. The molecule has 0 spiro atoms. The van der Waals surface area contributed by atoms with Crippen molar-refractivity contribution in [3.8, 4) is 22.4 Å². The smallest absolute Gasteiger partial charge is 0.219 e. The van der Waals surface area contributed by atoms with Crippen LogP contribution in [-0.4, -0.2) is 51.3 Å². The number of imidazole rings is 1. The average molecular weight is 459 g/mol. The van der Waals surface area contributed by atoms with Crippen molar-refractivity contribution in [2.45, 2.75) is 20.4 Å². The molecule has 1 amide bonds. The summed E-state index contributed by atoms with van der Waals surface area (Å²) in [4.78, 5) is 21.1. The molecule has 0 aliphatic carbocycles. The van der Waals surface area contributed by atoms with Gasteiger partial charge in [-0.15, -0.1) is 0 Å². The Labute approximate surface area is 199 Å². The number of hydrogen-bond acceptors (Lipinski definition) is 3. The number of benzene rings is 2. The third kappa shape index (κ3) is 4.39. The minimum Gasteiger partial charge on any atom is -0.340 e. The first-order chi connectivity index (χ1) is 16.0. The number of aryl methyl sites for hydroxylation is 1. The topological polar surface area (TPSA) is 40.9 Å². The molecule has 0 N–H and O–H groups in total. The summed E-state index contributed by atoms with van der Waals surface area (Å²) in [5.74, 6) is 0.147. The molecule has 0 radical (unpaired) electrons. The molecule has 33 heavy (non-hydrogen) atoms. The molecule has 0 saturated carbocycles. The minimum atomic E-state index is 0.147. The molecule has 168 valence electrons. The van der Waals surface area contributed by atoms with Gasteiger partial charge >= 0.3 is 0 Å². The Hall–Kier alpha value is -3.15. The highest BCUT2D eigenvalue weighted by Gasteiger charge is 2.22. The summed E-state index contributed by atoms with van der Waals surface area (Å²) in [7, 11) is 0. The van der Waals surface area contributed by atoms with Crippen LogP contribution in [0, 0.1) is 6.92 Å². The molecule has 1 saturated heterocycles. The van der Waals surface area contributed by atoms with Gasteiger partial charge in [-0.1, -0.05) is 59.6 Å². The molecular formula is C27H27ClN4O. The maximum absolute atomic E-state index is 11.7. The van der Waals surface area contributed by atoms with Crippen LogP contribution in [0.3, 0.4) is 0 Å². The molecule has 1 aliphatic heterocycles. The number of aromatic nitrogens is 2. The number of halogens is 1. The summed E-state index contributed by atoms with van der Waals surface area (Å²) >= 11 is 6.50. The van der Waals surface area contributed by atoms with Gasteiger partial charge in [-0.05, 0) is 30.7 Å². The van der Waals surface area contributed by atoms with Crippen molar-refractivity contribution in [1.29, 1.82) is 0 Å². The Balaban J connectivity index is 1.57. The molecule has 4 aromatic rings. The standard InChI is InChI=1S/C27H27ClN4O/c1-19-7-9-21(10-8-19)27-25(18-30-13-15-31(16-14-30)20(2)33)32-17-22(11-12-26(32)29-27)23-5-3-4-6-24(23)28/h3-12,17H,13-16,18H2,1-2H3. The van der Waals surface area contributed by atoms with E-state index in [9.17, 15) is 4.79 Å². The number of carbonyl (C=O) groups is 1.